The van der Waals surface area contributed by atoms with Crippen molar-refractivity contribution in [3.8, 4) is 5.75 Å². The monoisotopic (exact) mass is 262 g/mol. The first kappa shape index (κ1) is 14.3. The zero-order valence-electron chi connectivity index (χ0n) is 12.6. The summed E-state index contributed by atoms with van der Waals surface area (Å²) in [5.74, 6) is 0.938. The molecule has 1 N–H and O–H groups in total. The molecule has 1 aromatic rings. The van der Waals surface area contributed by atoms with Crippen LogP contribution in [0.15, 0.2) is 12.1 Å². The van der Waals surface area contributed by atoms with Crippen molar-refractivity contribution in [2.75, 3.05) is 13.2 Å². The SMILES string of the molecule is CCc1nc(C)ccc1OCC(C)(C)CNC1CC1. The van der Waals surface area contributed by atoms with Gasteiger partial charge in [-0.2, -0.15) is 0 Å². The fraction of sp³-hybridized carbons (Fsp3) is 0.688. The summed E-state index contributed by atoms with van der Waals surface area (Å²) >= 11 is 0. The third-order valence-corrected chi connectivity index (χ3v) is 3.47. The van der Waals surface area contributed by atoms with Gasteiger partial charge in [0.2, 0.25) is 0 Å². The van der Waals surface area contributed by atoms with Crippen molar-refractivity contribution in [3.05, 3.63) is 23.5 Å². The minimum atomic E-state index is 0.151. The number of nitrogens with zero attached hydrogens (tertiary/aromatic N) is 1. The predicted molar refractivity (Wildman–Crippen MR) is 78.7 cm³/mol. The highest BCUT2D eigenvalue weighted by molar-refractivity contribution is 5.29. The van der Waals surface area contributed by atoms with Gasteiger partial charge in [-0.15, -0.1) is 0 Å². The lowest BCUT2D eigenvalue weighted by Crippen LogP contribution is -2.35. The normalized spacial score (nSPS) is 15.6. The van der Waals surface area contributed by atoms with E-state index in [0.29, 0.717) is 0 Å². The van der Waals surface area contributed by atoms with Gasteiger partial charge in [-0.3, -0.25) is 4.98 Å². The van der Waals surface area contributed by atoms with E-state index in [2.05, 4.69) is 31.1 Å². The highest BCUT2D eigenvalue weighted by Crippen LogP contribution is 2.24. The molecule has 1 aliphatic rings. The van der Waals surface area contributed by atoms with E-state index in [4.69, 9.17) is 4.74 Å². The largest absolute Gasteiger partial charge is 0.491 e. The molecule has 0 atom stereocenters. The summed E-state index contributed by atoms with van der Waals surface area (Å²) < 4.78 is 6.00. The van der Waals surface area contributed by atoms with Gasteiger partial charge < -0.3 is 10.1 Å². The molecule has 0 aromatic carbocycles. The van der Waals surface area contributed by atoms with Crippen molar-refractivity contribution in [2.24, 2.45) is 5.41 Å². The molecular formula is C16H26N2O. The van der Waals surface area contributed by atoms with E-state index in [0.717, 1.165) is 42.8 Å². The van der Waals surface area contributed by atoms with Crippen molar-refractivity contribution >= 4 is 0 Å². The van der Waals surface area contributed by atoms with Gasteiger partial charge in [-0.25, -0.2) is 0 Å². The van der Waals surface area contributed by atoms with Crippen LogP contribution in [0.5, 0.6) is 5.75 Å². The highest BCUT2D eigenvalue weighted by atomic mass is 16.5. The van der Waals surface area contributed by atoms with E-state index in [-0.39, 0.29) is 5.41 Å². The summed E-state index contributed by atoms with van der Waals surface area (Å²) in [6, 6.07) is 4.82. The van der Waals surface area contributed by atoms with Gasteiger partial charge in [0.1, 0.15) is 5.75 Å². The molecule has 1 fully saturated rings. The molecule has 0 saturated heterocycles. The van der Waals surface area contributed by atoms with E-state index < -0.39 is 0 Å². The lowest BCUT2D eigenvalue weighted by molar-refractivity contribution is 0.174. The first-order valence-corrected chi connectivity index (χ1v) is 7.33. The van der Waals surface area contributed by atoms with Crippen LogP contribution in [-0.4, -0.2) is 24.2 Å². The summed E-state index contributed by atoms with van der Waals surface area (Å²) in [4.78, 5) is 4.54. The van der Waals surface area contributed by atoms with E-state index in [1.165, 1.54) is 12.8 Å². The smallest absolute Gasteiger partial charge is 0.140 e. The van der Waals surface area contributed by atoms with Gasteiger partial charge in [0.15, 0.2) is 0 Å². The Morgan fingerprint density at radius 1 is 1.37 bits per heavy atom. The molecule has 0 unspecified atom stereocenters. The molecule has 0 amide bonds. The Bertz CT molecular complexity index is 425. The van der Waals surface area contributed by atoms with Crippen LogP contribution in [0, 0.1) is 12.3 Å². The average molecular weight is 262 g/mol. The molecule has 0 aliphatic heterocycles. The minimum absolute atomic E-state index is 0.151. The lowest BCUT2D eigenvalue weighted by atomic mass is 9.95. The first-order chi connectivity index (χ1) is 9.00. The van der Waals surface area contributed by atoms with Gasteiger partial charge in [0.25, 0.3) is 0 Å². The first-order valence-electron chi connectivity index (χ1n) is 7.33. The van der Waals surface area contributed by atoms with E-state index in [1.54, 1.807) is 0 Å². The van der Waals surface area contributed by atoms with Crippen LogP contribution in [0.2, 0.25) is 0 Å². The second-order valence-corrected chi connectivity index (χ2v) is 6.36. The Hall–Kier alpha value is -1.09. The Balaban J connectivity index is 1.89. The van der Waals surface area contributed by atoms with Crippen LogP contribution < -0.4 is 10.1 Å². The van der Waals surface area contributed by atoms with Crippen molar-refractivity contribution in [2.45, 2.75) is 53.0 Å². The van der Waals surface area contributed by atoms with Crippen LogP contribution in [0.1, 0.15) is 45.0 Å². The van der Waals surface area contributed by atoms with E-state index in [9.17, 15) is 0 Å². The van der Waals surface area contributed by atoms with Crippen molar-refractivity contribution in [1.82, 2.24) is 10.3 Å². The number of aromatic nitrogens is 1. The van der Waals surface area contributed by atoms with E-state index in [1.807, 2.05) is 19.1 Å². The van der Waals surface area contributed by atoms with Crippen molar-refractivity contribution in [1.29, 1.82) is 0 Å². The Labute approximate surface area is 116 Å². The van der Waals surface area contributed by atoms with Crippen molar-refractivity contribution < 1.29 is 4.74 Å². The summed E-state index contributed by atoms with van der Waals surface area (Å²) in [5, 5.41) is 3.58. The molecule has 1 heterocycles. The topological polar surface area (TPSA) is 34.1 Å². The number of ether oxygens (including phenoxy) is 1. The lowest BCUT2D eigenvalue weighted by Gasteiger charge is -2.25. The Morgan fingerprint density at radius 3 is 2.74 bits per heavy atom. The second kappa shape index (κ2) is 5.91. The fourth-order valence-electron chi connectivity index (χ4n) is 2.01. The molecule has 2 rings (SSSR count). The van der Waals surface area contributed by atoms with Gasteiger partial charge in [0, 0.05) is 23.7 Å². The average Bonchev–Trinajstić information content (AvgIpc) is 3.19. The molecule has 106 valence electrons. The molecule has 0 spiro atoms. The maximum absolute atomic E-state index is 6.00. The predicted octanol–water partition coefficient (Wildman–Crippen LogP) is 3.11. The van der Waals surface area contributed by atoms with Gasteiger partial charge in [0.05, 0.1) is 12.3 Å². The number of hydrogen-bond acceptors (Lipinski definition) is 3. The number of pyridine rings is 1. The van der Waals surface area contributed by atoms with Crippen molar-refractivity contribution in [3.63, 3.8) is 0 Å². The number of aryl methyl sites for hydroxylation is 2. The molecule has 19 heavy (non-hydrogen) atoms. The van der Waals surface area contributed by atoms with Gasteiger partial charge in [-0.1, -0.05) is 20.8 Å². The molecule has 1 aliphatic carbocycles. The van der Waals surface area contributed by atoms with Crippen LogP contribution in [-0.2, 0) is 6.42 Å². The van der Waals surface area contributed by atoms with Crippen LogP contribution in [0.3, 0.4) is 0 Å². The van der Waals surface area contributed by atoms with Gasteiger partial charge in [-0.05, 0) is 38.3 Å². The molecule has 0 radical (unpaired) electrons. The number of nitrogens with one attached hydrogen (secondary N) is 1. The van der Waals surface area contributed by atoms with Crippen LogP contribution in [0.25, 0.3) is 0 Å². The van der Waals surface area contributed by atoms with Crippen LogP contribution in [0.4, 0.5) is 0 Å². The van der Waals surface area contributed by atoms with Gasteiger partial charge >= 0.3 is 0 Å². The zero-order chi connectivity index (χ0) is 13.9. The minimum Gasteiger partial charge on any atom is -0.491 e. The van der Waals surface area contributed by atoms with E-state index >= 15 is 0 Å². The maximum Gasteiger partial charge on any atom is 0.140 e. The third kappa shape index (κ3) is 4.50. The maximum atomic E-state index is 6.00. The quantitative estimate of drug-likeness (QED) is 0.820. The highest BCUT2D eigenvalue weighted by Gasteiger charge is 2.26. The van der Waals surface area contributed by atoms with Crippen LogP contribution >= 0.6 is 0 Å². The summed E-state index contributed by atoms with van der Waals surface area (Å²) in [7, 11) is 0. The summed E-state index contributed by atoms with van der Waals surface area (Å²) in [5.41, 5.74) is 2.27. The standard InChI is InChI=1S/C16H26N2O/c1-5-14-15(9-6-12(2)18-14)19-11-16(3,4)10-17-13-7-8-13/h6,9,13,17H,5,7-8,10-11H2,1-4H3. The summed E-state index contributed by atoms with van der Waals surface area (Å²) in [6.07, 6.45) is 3.58. The Kier molecular flexibility index (Phi) is 4.46. The zero-order valence-corrected chi connectivity index (χ0v) is 12.6. The molecule has 3 heteroatoms. The molecular weight excluding hydrogens is 236 g/mol. The molecule has 3 nitrogen and oxygen atoms in total. The fourth-order valence-corrected chi connectivity index (χ4v) is 2.01. The molecule has 0 bridgehead atoms. The molecule has 1 aromatic heterocycles. The third-order valence-electron chi connectivity index (χ3n) is 3.47. The molecule has 1 saturated carbocycles. The summed E-state index contributed by atoms with van der Waals surface area (Å²) in [6.45, 7) is 10.4. The number of hydrogen-bond donors (Lipinski definition) is 1. The second-order valence-electron chi connectivity index (χ2n) is 6.36. The number of rotatable bonds is 7. The Morgan fingerprint density at radius 2 is 2.11 bits per heavy atom.